The molecule has 0 amide bonds. The SMILES string of the molecule is CCC1OCCC1CNc1ccc([N+](=O)[O-])c(C)c1. The first-order valence-corrected chi connectivity index (χ1v) is 6.72. The van der Waals surface area contributed by atoms with E-state index in [2.05, 4.69) is 12.2 Å². The Kier molecular flexibility index (Phi) is 4.37. The van der Waals surface area contributed by atoms with Gasteiger partial charge in [-0.1, -0.05) is 6.92 Å². The van der Waals surface area contributed by atoms with E-state index in [9.17, 15) is 10.1 Å². The molecular weight excluding hydrogens is 244 g/mol. The van der Waals surface area contributed by atoms with Crippen LogP contribution in [0.25, 0.3) is 0 Å². The van der Waals surface area contributed by atoms with Crippen molar-refractivity contribution >= 4 is 11.4 Å². The summed E-state index contributed by atoms with van der Waals surface area (Å²) in [4.78, 5) is 10.4. The molecule has 0 saturated carbocycles. The van der Waals surface area contributed by atoms with Crippen molar-refractivity contribution in [1.82, 2.24) is 0 Å². The van der Waals surface area contributed by atoms with Gasteiger partial charge in [0, 0.05) is 36.4 Å². The van der Waals surface area contributed by atoms with E-state index in [1.807, 2.05) is 6.07 Å². The third-order valence-electron chi connectivity index (χ3n) is 3.71. The van der Waals surface area contributed by atoms with Gasteiger partial charge in [-0.15, -0.1) is 0 Å². The molecule has 104 valence electrons. The molecule has 1 aliphatic heterocycles. The Hall–Kier alpha value is -1.62. The average molecular weight is 264 g/mol. The highest BCUT2D eigenvalue weighted by molar-refractivity contribution is 5.53. The first-order chi connectivity index (χ1) is 9.11. The maximum atomic E-state index is 10.8. The Morgan fingerprint density at radius 1 is 1.53 bits per heavy atom. The summed E-state index contributed by atoms with van der Waals surface area (Å²) < 4.78 is 5.65. The zero-order chi connectivity index (χ0) is 13.8. The summed E-state index contributed by atoms with van der Waals surface area (Å²) in [7, 11) is 0. The van der Waals surface area contributed by atoms with Gasteiger partial charge in [0.05, 0.1) is 11.0 Å². The van der Waals surface area contributed by atoms with Crippen molar-refractivity contribution in [2.24, 2.45) is 5.92 Å². The number of aryl methyl sites for hydroxylation is 1. The Bertz CT molecular complexity index is 462. The van der Waals surface area contributed by atoms with Gasteiger partial charge in [-0.25, -0.2) is 0 Å². The lowest BCUT2D eigenvalue weighted by Gasteiger charge is -2.18. The molecule has 0 bridgehead atoms. The first-order valence-electron chi connectivity index (χ1n) is 6.72. The van der Waals surface area contributed by atoms with Crippen LogP contribution in [0.1, 0.15) is 25.3 Å². The fraction of sp³-hybridized carbons (Fsp3) is 0.571. The molecule has 0 aromatic heterocycles. The Morgan fingerprint density at radius 3 is 2.95 bits per heavy atom. The molecule has 1 heterocycles. The minimum atomic E-state index is -0.350. The van der Waals surface area contributed by atoms with Crippen LogP contribution in [-0.4, -0.2) is 24.2 Å². The second-order valence-corrected chi connectivity index (χ2v) is 5.01. The standard InChI is InChI=1S/C14H20N2O3/c1-3-14-11(6-7-19-14)9-15-12-4-5-13(16(17)18)10(2)8-12/h4-5,8,11,14-15H,3,6-7,9H2,1-2H3. The zero-order valence-electron chi connectivity index (χ0n) is 11.4. The minimum Gasteiger partial charge on any atom is -0.385 e. The number of nitrogens with one attached hydrogen (secondary N) is 1. The van der Waals surface area contributed by atoms with E-state index >= 15 is 0 Å². The number of hydrogen-bond donors (Lipinski definition) is 1. The van der Waals surface area contributed by atoms with E-state index in [4.69, 9.17) is 4.74 Å². The summed E-state index contributed by atoms with van der Waals surface area (Å²) in [5, 5.41) is 14.1. The van der Waals surface area contributed by atoms with Gasteiger partial charge in [0.25, 0.3) is 5.69 Å². The minimum absolute atomic E-state index is 0.168. The lowest BCUT2D eigenvalue weighted by atomic mass is 9.99. The van der Waals surface area contributed by atoms with Gasteiger partial charge >= 0.3 is 0 Å². The topological polar surface area (TPSA) is 64.4 Å². The molecular formula is C14H20N2O3. The molecule has 1 aromatic carbocycles. The lowest BCUT2D eigenvalue weighted by molar-refractivity contribution is -0.385. The summed E-state index contributed by atoms with van der Waals surface area (Å²) in [6, 6.07) is 5.15. The van der Waals surface area contributed by atoms with Crippen molar-refractivity contribution < 1.29 is 9.66 Å². The van der Waals surface area contributed by atoms with Crippen molar-refractivity contribution in [3.63, 3.8) is 0 Å². The van der Waals surface area contributed by atoms with Gasteiger partial charge in [0.15, 0.2) is 0 Å². The molecule has 5 heteroatoms. The summed E-state index contributed by atoms with van der Waals surface area (Å²) >= 11 is 0. The van der Waals surface area contributed by atoms with Crippen LogP contribution >= 0.6 is 0 Å². The predicted molar refractivity (Wildman–Crippen MR) is 74.5 cm³/mol. The van der Waals surface area contributed by atoms with Crippen molar-refractivity contribution in [2.45, 2.75) is 32.8 Å². The maximum Gasteiger partial charge on any atom is 0.272 e. The molecule has 2 rings (SSSR count). The Balaban J connectivity index is 1.96. The molecule has 1 aliphatic rings. The molecule has 1 saturated heterocycles. The normalized spacial score (nSPS) is 22.4. The fourth-order valence-corrected chi connectivity index (χ4v) is 2.60. The number of ether oxygens (including phenoxy) is 1. The second-order valence-electron chi connectivity index (χ2n) is 5.01. The summed E-state index contributed by atoms with van der Waals surface area (Å²) in [5.74, 6) is 0.528. The van der Waals surface area contributed by atoms with Crippen LogP contribution in [0.4, 0.5) is 11.4 Å². The fourth-order valence-electron chi connectivity index (χ4n) is 2.60. The van der Waals surface area contributed by atoms with Gasteiger partial charge in [-0.3, -0.25) is 10.1 Å². The van der Waals surface area contributed by atoms with Gasteiger partial charge in [0.1, 0.15) is 0 Å². The maximum absolute atomic E-state index is 10.8. The number of hydrogen-bond acceptors (Lipinski definition) is 4. The quantitative estimate of drug-likeness (QED) is 0.655. The van der Waals surface area contributed by atoms with Crippen molar-refractivity contribution in [1.29, 1.82) is 0 Å². The van der Waals surface area contributed by atoms with Crippen LogP contribution in [0.5, 0.6) is 0 Å². The van der Waals surface area contributed by atoms with Crippen LogP contribution in [0.3, 0.4) is 0 Å². The van der Waals surface area contributed by atoms with Gasteiger partial charge in [-0.2, -0.15) is 0 Å². The third-order valence-corrected chi connectivity index (χ3v) is 3.71. The van der Waals surface area contributed by atoms with E-state index in [0.717, 1.165) is 31.7 Å². The molecule has 2 atom stereocenters. The third kappa shape index (κ3) is 3.23. The van der Waals surface area contributed by atoms with Gasteiger partial charge in [-0.05, 0) is 31.9 Å². The summed E-state index contributed by atoms with van der Waals surface area (Å²) in [5.41, 5.74) is 1.79. The highest BCUT2D eigenvalue weighted by Crippen LogP contribution is 2.25. The van der Waals surface area contributed by atoms with Crippen molar-refractivity contribution in [3.05, 3.63) is 33.9 Å². The van der Waals surface area contributed by atoms with Crippen molar-refractivity contribution in [3.8, 4) is 0 Å². The first kappa shape index (κ1) is 13.8. The van der Waals surface area contributed by atoms with E-state index in [0.29, 0.717) is 17.6 Å². The Morgan fingerprint density at radius 2 is 2.32 bits per heavy atom. The Labute approximate surface area is 113 Å². The molecule has 5 nitrogen and oxygen atoms in total. The van der Waals surface area contributed by atoms with E-state index in [-0.39, 0.29) is 10.6 Å². The smallest absolute Gasteiger partial charge is 0.272 e. The summed E-state index contributed by atoms with van der Waals surface area (Å²) in [6.45, 7) is 5.59. The largest absolute Gasteiger partial charge is 0.385 e. The lowest BCUT2D eigenvalue weighted by Crippen LogP contribution is -2.22. The number of benzene rings is 1. The number of anilines is 1. The number of nitrogens with zero attached hydrogens (tertiary/aromatic N) is 1. The van der Waals surface area contributed by atoms with Crippen LogP contribution in [0.2, 0.25) is 0 Å². The monoisotopic (exact) mass is 264 g/mol. The van der Waals surface area contributed by atoms with Crippen LogP contribution in [-0.2, 0) is 4.74 Å². The molecule has 19 heavy (non-hydrogen) atoms. The van der Waals surface area contributed by atoms with E-state index in [1.54, 1.807) is 19.1 Å². The summed E-state index contributed by atoms with van der Waals surface area (Å²) in [6.07, 6.45) is 2.45. The molecule has 1 N–H and O–H groups in total. The molecule has 0 aliphatic carbocycles. The number of rotatable bonds is 5. The van der Waals surface area contributed by atoms with Crippen LogP contribution in [0, 0.1) is 23.0 Å². The predicted octanol–water partition coefficient (Wildman–Crippen LogP) is 3.13. The molecule has 2 unspecified atom stereocenters. The second kappa shape index (κ2) is 6.02. The van der Waals surface area contributed by atoms with Crippen LogP contribution < -0.4 is 5.32 Å². The highest BCUT2D eigenvalue weighted by Gasteiger charge is 2.26. The van der Waals surface area contributed by atoms with Crippen LogP contribution in [0.15, 0.2) is 18.2 Å². The average Bonchev–Trinajstić information content (AvgIpc) is 2.83. The van der Waals surface area contributed by atoms with E-state index in [1.165, 1.54) is 0 Å². The number of nitro benzene ring substituents is 1. The van der Waals surface area contributed by atoms with Gasteiger partial charge in [0.2, 0.25) is 0 Å². The number of nitro groups is 1. The zero-order valence-corrected chi connectivity index (χ0v) is 11.4. The molecule has 1 aromatic rings. The highest BCUT2D eigenvalue weighted by atomic mass is 16.6. The molecule has 0 radical (unpaired) electrons. The van der Waals surface area contributed by atoms with Crippen molar-refractivity contribution in [2.75, 3.05) is 18.5 Å². The van der Waals surface area contributed by atoms with Gasteiger partial charge < -0.3 is 10.1 Å². The molecule has 1 fully saturated rings. The molecule has 0 spiro atoms. The van der Waals surface area contributed by atoms with E-state index < -0.39 is 0 Å².